The zero-order valence-electron chi connectivity index (χ0n) is 15.4. The Kier molecular flexibility index (Phi) is 7.79. The number of carbonyl (C=O) groups excluding carboxylic acids is 1. The predicted octanol–water partition coefficient (Wildman–Crippen LogP) is 3.72. The third-order valence-corrected chi connectivity index (χ3v) is 5.84. The lowest BCUT2D eigenvalue weighted by molar-refractivity contribution is -0.147. The second-order valence-electron chi connectivity index (χ2n) is 6.05. The van der Waals surface area contributed by atoms with Crippen molar-refractivity contribution >= 4 is 46.7 Å². The van der Waals surface area contributed by atoms with Gasteiger partial charge in [-0.2, -0.15) is 31.4 Å². The van der Waals surface area contributed by atoms with Crippen LogP contribution in [0.2, 0.25) is 5.02 Å². The van der Waals surface area contributed by atoms with E-state index in [1.54, 1.807) is 0 Å². The number of benzene rings is 1. The van der Waals surface area contributed by atoms with Crippen LogP contribution in [0.5, 0.6) is 0 Å². The fourth-order valence-electron chi connectivity index (χ4n) is 2.45. The summed E-state index contributed by atoms with van der Waals surface area (Å²) in [5.41, 5.74) is 0.0146. The molecule has 1 amide bonds. The lowest BCUT2D eigenvalue weighted by Gasteiger charge is -2.17. The van der Waals surface area contributed by atoms with Crippen LogP contribution in [-0.4, -0.2) is 31.1 Å². The molecule has 162 valence electrons. The maximum atomic E-state index is 13.2. The molecule has 2 N–H and O–H groups in total. The van der Waals surface area contributed by atoms with Gasteiger partial charge in [0.2, 0.25) is 10.0 Å². The van der Waals surface area contributed by atoms with Crippen molar-refractivity contribution < 1.29 is 30.8 Å². The summed E-state index contributed by atoms with van der Waals surface area (Å²) in [6.07, 6.45) is -3.73. The molecule has 1 aromatic carbocycles. The summed E-state index contributed by atoms with van der Waals surface area (Å²) in [6, 6.07) is 1.14. The molecule has 0 fully saturated rings. The summed E-state index contributed by atoms with van der Waals surface area (Å²) in [5, 5.41) is 2.20. The molecule has 1 aromatic heterocycles. The van der Waals surface area contributed by atoms with Gasteiger partial charge in [-0.15, -0.1) is 0 Å². The van der Waals surface area contributed by atoms with Crippen molar-refractivity contribution in [2.75, 3.05) is 5.32 Å². The monoisotopic (exact) mass is 475 g/mol. The second-order valence-corrected chi connectivity index (χ2v) is 8.14. The SMILES string of the molecule is Cc1c(S(=O)(=O)N[C@@H](C)C(F)(F)F)cn(C)c1C(=O)Nc1ccc(F)c(Cl)c1.S. The normalized spacial score (nSPS) is 13.0. The molecule has 0 aliphatic heterocycles. The molecule has 0 bridgehead atoms. The van der Waals surface area contributed by atoms with Gasteiger partial charge in [0.25, 0.3) is 5.91 Å². The Morgan fingerprint density at radius 3 is 2.38 bits per heavy atom. The summed E-state index contributed by atoms with van der Waals surface area (Å²) < 4.78 is 78.6. The topological polar surface area (TPSA) is 80.2 Å². The van der Waals surface area contributed by atoms with E-state index >= 15 is 0 Å². The number of hydrogen-bond donors (Lipinski definition) is 2. The molecule has 1 heterocycles. The van der Waals surface area contributed by atoms with E-state index < -0.39 is 38.9 Å². The van der Waals surface area contributed by atoms with Crippen LogP contribution in [0.25, 0.3) is 0 Å². The molecule has 2 rings (SSSR count). The standard InChI is InChI=1S/C16H16ClF4N3O3S.H2S/c1-8-13(28(26,27)23-9(2)16(19,20)21)7-24(3)14(8)15(25)22-10-4-5-12(18)11(17)6-10;/h4-7,9,23H,1-3H3,(H,22,25);1H2/t9-;/m0./s1. The maximum Gasteiger partial charge on any atom is 0.404 e. The molecule has 0 saturated carbocycles. The van der Waals surface area contributed by atoms with E-state index in [2.05, 4.69) is 5.32 Å². The highest BCUT2D eigenvalue weighted by molar-refractivity contribution is 7.89. The third-order valence-electron chi connectivity index (χ3n) is 3.89. The molecule has 1 atom stereocenters. The van der Waals surface area contributed by atoms with Gasteiger partial charge in [0.15, 0.2) is 0 Å². The predicted molar refractivity (Wildman–Crippen MR) is 106 cm³/mol. The molecule has 6 nitrogen and oxygen atoms in total. The largest absolute Gasteiger partial charge is 0.404 e. The Morgan fingerprint density at radius 2 is 1.86 bits per heavy atom. The van der Waals surface area contributed by atoms with Gasteiger partial charge in [0.1, 0.15) is 22.4 Å². The van der Waals surface area contributed by atoms with E-state index in [1.165, 1.54) is 29.3 Å². The smallest absolute Gasteiger partial charge is 0.345 e. The first-order chi connectivity index (χ1) is 12.7. The summed E-state index contributed by atoms with van der Waals surface area (Å²) in [6.45, 7) is 1.96. The summed E-state index contributed by atoms with van der Waals surface area (Å²) in [7, 11) is -3.17. The van der Waals surface area contributed by atoms with Crippen molar-refractivity contribution in [1.29, 1.82) is 0 Å². The van der Waals surface area contributed by atoms with Crippen molar-refractivity contribution in [3.05, 3.63) is 46.5 Å². The third kappa shape index (κ3) is 5.65. The summed E-state index contributed by atoms with van der Waals surface area (Å²) in [5.74, 6) is -1.43. The highest BCUT2D eigenvalue weighted by Gasteiger charge is 2.39. The van der Waals surface area contributed by atoms with Crippen molar-refractivity contribution in [3.8, 4) is 0 Å². The van der Waals surface area contributed by atoms with Crippen LogP contribution in [-0.2, 0) is 17.1 Å². The Labute approximate surface area is 176 Å². The van der Waals surface area contributed by atoms with Crippen LogP contribution in [0.4, 0.5) is 23.2 Å². The maximum absolute atomic E-state index is 13.2. The first-order valence-corrected chi connectivity index (χ1v) is 9.61. The van der Waals surface area contributed by atoms with Crippen LogP contribution in [0.3, 0.4) is 0 Å². The molecular formula is C16H18ClF4N3O3S2. The van der Waals surface area contributed by atoms with Gasteiger partial charge >= 0.3 is 6.18 Å². The second kappa shape index (κ2) is 8.94. The van der Waals surface area contributed by atoms with Crippen LogP contribution < -0.4 is 10.0 Å². The molecule has 13 heteroatoms. The minimum atomic E-state index is -4.77. The van der Waals surface area contributed by atoms with Gasteiger partial charge in [0.05, 0.1) is 5.02 Å². The highest BCUT2D eigenvalue weighted by atomic mass is 35.5. The Bertz CT molecular complexity index is 1020. The molecule has 0 saturated heterocycles. The van der Waals surface area contributed by atoms with Crippen LogP contribution in [0.15, 0.2) is 29.3 Å². The molecule has 0 aliphatic rings. The average molecular weight is 476 g/mol. The first kappa shape index (κ1) is 25.3. The molecule has 0 unspecified atom stereocenters. The minimum Gasteiger partial charge on any atom is -0.345 e. The van der Waals surface area contributed by atoms with Crippen LogP contribution in [0.1, 0.15) is 23.0 Å². The number of halogens is 5. The van der Waals surface area contributed by atoms with E-state index in [9.17, 15) is 30.8 Å². The minimum absolute atomic E-state index is 0. The van der Waals surface area contributed by atoms with E-state index in [-0.39, 0.29) is 35.5 Å². The fourth-order valence-corrected chi connectivity index (χ4v) is 4.15. The van der Waals surface area contributed by atoms with Gasteiger partial charge in [-0.25, -0.2) is 12.8 Å². The zero-order chi connectivity index (χ0) is 21.4. The highest BCUT2D eigenvalue weighted by Crippen LogP contribution is 2.26. The quantitative estimate of drug-likeness (QED) is 0.647. The molecule has 0 aliphatic carbocycles. The number of sulfonamides is 1. The van der Waals surface area contributed by atoms with Crippen molar-refractivity contribution in [2.45, 2.75) is 31.0 Å². The number of anilines is 1. The van der Waals surface area contributed by atoms with Gasteiger partial charge in [0, 0.05) is 18.9 Å². The number of carbonyl (C=O) groups is 1. The number of aromatic nitrogens is 1. The number of nitrogens with zero attached hydrogens (tertiary/aromatic N) is 1. The Balaban J connectivity index is 0.00000420. The molecule has 0 spiro atoms. The molecule has 0 radical (unpaired) electrons. The van der Waals surface area contributed by atoms with Gasteiger partial charge in [-0.3, -0.25) is 4.79 Å². The Morgan fingerprint density at radius 1 is 1.28 bits per heavy atom. The van der Waals surface area contributed by atoms with E-state index in [0.717, 1.165) is 18.3 Å². The molecule has 29 heavy (non-hydrogen) atoms. The van der Waals surface area contributed by atoms with Crippen molar-refractivity contribution in [1.82, 2.24) is 9.29 Å². The number of nitrogens with one attached hydrogen (secondary N) is 2. The zero-order valence-corrected chi connectivity index (χ0v) is 17.9. The number of aryl methyl sites for hydroxylation is 1. The van der Waals surface area contributed by atoms with E-state index in [1.807, 2.05) is 0 Å². The van der Waals surface area contributed by atoms with E-state index in [4.69, 9.17) is 11.6 Å². The lowest BCUT2D eigenvalue weighted by atomic mass is 10.2. The first-order valence-electron chi connectivity index (χ1n) is 7.75. The lowest BCUT2D eigenvalue weighted by Crippen LogP contribution is -2.43. The Hall–Kier alpha value is -1.76. The summed E-state index contributed by atoms with van der Waals surface area (Å²) >= 11 is 5.64. The van der Waals surface area contributed by atoms with Crippen molar-refractivity contribution in [2.24, 2.45) is 7.05 Å². The molecule has 2 aromatic rings. The average Bonchev–Trinajstić information content (AvgIpc) is 2.85. The number of amides is 1. The van der Waals surface area contributed by atoms with Gasteiger partial charge < -0.3 is 9.88 Å². The van der Waals surface area contributed by atoms with Crippen LogP contribution >= 0.6 is 25.1 Å². The summed E-state index contributed by atoms with van der Waals surface area (Å²) in [4.78, 5) is 12.0. The molecular weight excluding hydrogens is 458 g/mol. The number of rotatable bonds is 5. The number of hydrogen-bond acceptors (Lipinski definition) is 3. The van der Waals surface area contributed by atoms with Crippen LogP contribution in [0, 0.1) is 12.7 Å². The van der Waals surface area contributed by atoms with Gasteiger partial charge in [-0.1, -0.05) is 11.6 Å². The van der Waals surface area contributed by atoms with E-state index in [0.29, 0.717) is 6.92 Å². The van der Waals surface area contributed by atoms with Gasteiger partial charge in [-0.05, 0) is 37.6 Å². The fraction of sp³-hybridized carbons (Fsp3) is 0.312. The van der Waals surface area contributed by atoms with Crippen molar-refractivity contribution in [3.63, 3.8) is 0 Å². The number of alkyl halides is 3.